The van der Waals surface area contributed by atoms with Gasteiger partial charge in [0.25, 0.3) is 15.9 Å². The normalized spacial score (nSPS) is 11.1. The number of nitrogens with one attached hydrogen (secondary N) is 2. The highest BCUT2D eigenvalue weighted by Crippen LogP contribution is 2.30. The Morgan fingerprint density at radius 2 is 1.50 bits per heavy atom. The van der Waals surface area contributed by atoms with Crippen LogP contribution < -0.4 is 10.0 Å². The summed E-state index contributed by atoms with van der Waals surface area (Å²) in [4.78, 5) is 13.1. The number of para-hydroxylation sites is 1. The van der Waals surface area contributed by atoms with Gasteiger partial charge in [-0.1, -0.05) is 60.7 Å². The zero-order valence-corrected chi connectivity index (χ0v) is 21.1. The third kappa shape index (κ3) is 5.21. The molecule has 0 aliphatic rings. The predicted molar refractivity (Wildman–Crippen MR) is 141 cm³/mol. The number of sulfonamides is 1. The quantitative estimate of drug-likeness (QED) is 0.286. The van der Waals surface area contributed by atoms with Crippen LogP contribution in [0.25, 0.3) is 11.1 Å². The molecule has 0 aromatic heterocycles. The minimum absolute atomic E-state index is 0.0163. The molecule has 0 saturated carbocycles. The van der Waals surface area contributed by atoms with Crippen molar-refractivity contribution in [1.29, 1.82) is 0 Å². The van der Waals surface area contributed by atoms with Gasteiger partial charge in [0.05, 0.1) is 5.69 Å². The number of hydrogen-bond donors (Lipinski definition) is 2. The van der Waals surface area contributed by atoms with Crippen molar-refractivity contribution in [3.05, 3.63) is 112 Å². The van der Waals surface area contributed by atoms with Gasteiger partial charge in [-0.15, -0.1) is 0 Å². The van der Waals surface area contributed by atoms with Crippen LogP contribution in [-0.2, 0) is 10.0 Å². The number of halogens is 1. The highest BCUT2D eigenvalue weighted by molar-refractivity contribution is 9.10. The molecule has 0 atom stereocenters. The average molecular weight is 535 g/mol. The van der Waals surface area contributed by atoms with Crippen LogP contribution in [0, 0.1) is 13.8 Å². The van der Waals surface area contributed by atoms with Crippen LogP contribution in [0.1, 0.15) is 21.5 Å². The Bertz CT molecular complexity index is 1470. The van der Waals surface area contributed by atoms with Crippen molar-refractivity contribution in [2.24, 2.45) is 0 Å². The van der Waals surface area contributed by atoms with Crippen LogP contribution in [0.2, 0.25) is 0 Å². The Balaban J connectivity index is 1.64. The van der Waals surface area contributed by atoms with E-state index in [1.54, 1.807) is 18.2 Å². The summed E-state index contributed by atoms with van der Waals surface area (Å²) in [6, 6.07) is 27.3. The van der Waals surface area contributed by atoms with E-state index >= 15 is 0 Å². The summed E-state index contributed by atoms with van der Waals surface area (Å²) < 4.78 is 29.4. The Morgan fingerprint density at radius 3 is 2.26 bits per heavy atom. The molecule has 0 radical (unpaired) electrons. The summed E-state index contributed by atoms with van der Waals surface area (Å²) in [6.45, 7) is 3.73. The van der Waals surface area contributed by atoms with Gasteiger partial charge < -0.3 is 5.32 Å². The molecule has 1 amide bonds. The van der Waals surface area contributed by atoms with E-state index in [2.05, 4.69) is 26.0 Å². The fourth-order valence-corrected chi connectivity index (χ4v) is 5.66. The lowest BCUT2D eigenvalue weighted by molar-refractivity contribution is 0.102. The fourth-order valence-electron chi connectivity index (χ4n) is 3.55. The largest absolute Gasteiger partial charge is 0.321 e. The van der Waals surface area contributed by atoms with Gasteiger partial charge >= 0.3 is 0 Å². The zero-order valence-electron chi connectivity index (χ0n) is 18.7. The minimum atomic E-state index is -3.94. The highest BCUT2D eigenvalue weighted by Gasteiger charge is 2.21. The third-order valence-electron chi connectivity index (χ3n) is 5.38. The van der Waals surface area contributed by atoms with Gasteiger partial charge in [-0.3, -0.25) is 9.52 Å². The second kappa shape index (κ2) is 9.83. The molecule has 4 aromatic rings. The van der Waals surface area contributed by atoms with E-state index in [1.807, 2.05) is 80.6 Å². The summed E-state index contributed by atoms with van der Waals surface area (Å²) in [6.07, 6.45) is 0. The first-order valence-corrected chi connectivity index (χ1v) is 12.9. The molecule has 4 rings (SSSR count). The summed E-state index contributed by atoms with van der Waals surface area (Å²) in [5.41, 5.74) is 4.95. The Morgan fingerprint density at radius 1 is 0.794 bits per heavy atom. The Kier molecular flexibility index (Phi) is 6.86. The highest BCUT2D eigenvalue weighted by atomic mass is 79.9. The van der Waals surface area contributed by atoms with Crippen molar-refractivity contribution in [3.63, 3.8) is 0 Å². The van der Waals surface area contributed by atoms with E-state index < -0.39 is 15.9 Å². The van der Waals surface area contributed by atoms with Crippen molar-refractivity contribution in [2.45, 2.75) is 18.7 Å². The number of rotatable bonds is 6. The maximum Gasteiger partial charge on any atom is 0.263 e. The first-order valence-electron chi connectivity index (χ1n) is 10.6. The maximum absolute atomic E-state index is 13.2. The lowest BCUT2D eigenvalue weighted by Crippen LogP contribution is -2.17. The van der Waals surface area contributed by atoms with Crippen molar-refractivity contribution in [3.8, 4) is 11.1 Å². The number of carbonyl (C=O) groups excluding carboxylic acids is 1. The van der Waals surface area contributed by atoms with Gasteiger partial charge in [-0.2, -0.15) is 0 Å². The Hall–Kier alpha value is -3.42. The van der Waals surface area contributed by atoms with Gasteiger partial charge in [0.2, 0.25) is 0 Å². The van der Waals surface area contributed by atoms with Crippen molar-refractivity contribution in [1.82, 2.24) is 0 Å². The molecule has 5 nitrogen and oxygen atoms in total. The number of aryl methyl sites for hydroxylation is 2. The summed E-state index contributed by atoms with van der Waals surface area (Å²) in [5.74, 6) is -0.404. The second-order valence-electron chi connectivity index (χ2n) is 7.93. The molecule has 2 N–H and O–H groups in total. The van der Waals surface area contributed by atoms with E-state index in [1.165, 1.54) is 6.07 Å². The molecule has 0 unspecified atom stereocenters. The Labute approximate surface area is 208 Å². The van der Waals surface area contributed by atoms with E-state index in [0.29, 0.717) is 15.8 Å². The first-order chi connectivity index (χ1) is 16.2. The average Bonchev–Trinajstić information content (AvgIpc) is 2.82. The number of hydrogen-bond acceptors (Lipinski definition) is 3. The molecule has 0 saturated heterocycles. The molecule has 34 heavy (non-hydrogen) atoms. The molecule has 7 heteroatoms. The number of benzene rings is 4. The molecular weight excluding hydrogens is 512 g/mol. The van der Waals surface area contributed by atoms with E-state index in [0.717, 1.165) is 22.3 Å². The van der Waals surface area contributed by atoms with Crippen LogP contribution in [0.3, 0.4) is 0 Å². The zero-order chi connectivity index (χ0) is 24.3. The predicted octanol–water partition coefficient (Wildman–Crippen LogP) is 6.79. The van der Waals surface area contributed by atoms with Gasteiger partial charge in [-0.25, -0.2) is 8.42 Å². The van der Waals surface area contributed by atoms with Crippen LogP contribution in [-0.4, -0.2) is 14.3 Å². The van der Waals surface area contributed by atoms with Gasteiger partial charge in [0, 0.05) is 21.3 Å². The molecule has 0 aliphatic heterocycles. The third-order valence-corrected chi connectivity index (χ3v) is 7.74. The van der Waals surface area contributed by atoms with Crippen molar-refractivity contribution in [2.75, 3.05) is 10.0 Å². The van der Waals surface area contributed by atoms with Gasteiger partial charge in [0.15, 0.2) is 0 Å². The van der Waals surface area contributed by atoms with Crippen LogP contribution in [0.5, 0.6) is 0 Å². The maximum atomic E-state index is 13.2. The molecular formula is C27H23BrN2O3S. The van der Waals surface area contributed by atoms with Gasteiger partial charge in [0.1, 0.15) is 4.90 Å². The van der Waals surface area contributed by atoms with E-state index in [-0.39, 0.29) is 10.5 Å². The topological polar surface area (TPSA) is 75.3 Å². The van der Waals surface area contributed by atoms with Crippen LogP contribution in [0.15, 0.2) is 100 Å². The van der Waals surface area contributed by atoms with Crippen molar-refractivity contribution < 1.29 is 13.2 Å². The molecule has 4 aromatic carbocycles. The SMILES string of the molecule is Cc1ccc(C)c(NS(=O)(=O)c2cc(C(=O)Nc3ccccc3-c3ccccc3)ccc2Br)c1. The molecule has 172 valence electrons. The smallest absolute Gasteiger partial charge is 0.263 e. The van der Waals surface area contributed by atoms with E-state index in [4.69, 9.17) is 0 Å². The monoisotopic (exact) mass is 534 g/mol. The molecule has 0 fully saturated rings. The molecule has 0 bridgehead atoms. The molecule has 0 aliphatic carbocycles. The number of carbonyl (C=O) groups is 1. The molecule has 0 heterocycles. The lowest BCUT2D eigenvalue weighted by atomic mass is 10.0. The second-order valence-corrected chi connectivity index (χ2v) is 10.4. The van der Waals surface area contributed by atoms with Crippen LogP contribution in [0.4, 0.5) is 11.4 Å². The number of amides is 1. The fraction of sp³-hybridized carbons (Fsp3) is 0.0741. The summed E-state index contributed by atoms with van der Waals surface area (Å²) >= 11 is 3.32. The van der Waals surface area contributed by atoms with Gasteiger partial charge in [-0.05, 0) is 76.8 Å². The van der Waals surface area contributed by atoms with Crippen molar-refractivity contribution >= 4 is 43.2 Å². The standard InChI is InChI=1S/C27H23BrN2O3S/c1-18-12-13-19(2)25(16-18)30-34(32,33)26-17-21(14-15-23(26)28)27(31)29-24-11-7-6-10-22(24)20-8-4-3-5-9-20/h3-17,30H,1-2H3,(H,29,31). The minimum Gasteiger partial charge on any atom is -0.321 e. The van der Waals surface area contributed by atoms with Crippen LogP contribution >= 0.6 is 15.9 Å². The summed E-state index contributed by atoms with van der Waals surface area (Å²) in [5, 5.41) is 2.92. The number of anilines is 2. The first kappa shape index (κ1) is 23.7. The lowest BCUT2D eigenvalue weighted by Gasteiger charge is -2.14. The summed E-state index contributed by atoms with van der Waals surface area (Å²) in [7, 11) is -3.94. The molecule has 0 spiro atoms. The van der Waals surface area contributed by atoms with E-state index in [9.17, 15) is 13.2 Å².